The van der Waals surface area contributed by atoms with Crippen molar-refractivity contribution in [2.45, 2.75) is 235 Å². The average molecular weight is 1080 g/mol. The standard InChI is InChI=1S/C52H74O24/c1-18-29(72-34-14-30(43(58)21(4)68-34)73-33-13-28(54)42(57)20(3)67-33)12-26-10-25-11-27(49(66-9)48(63)41(56)19(2)53)50(47(62)39(25)46(61)38(26)40(18)55)76-36-16-31(44(59)23(6)70-36)74-35-15-32(45(60)22(5)69-35)75-37-17-52(8,65)51(64)24(7)71-37/h10,12,19-24,27-28,30-37,41-45,49-50,53-61,65H,11,13-17H2,1-9H3. The molecule has 0 bridgehead atoms. The van der Waals surface area contributed by atoms with E-state index >= 15 is 4.79 Å². The number of ether oxygens (including phenoxy) is 11. The molecule has 1 aliphatic carbocycles. The van der Waals surface area contributed by atoms with E-state index in [9.17, 15) is 60.7 Å². The topological polar surface area (TPSA) is 355 Å². The second kappa shape index (κ2) is 23.2. The lowest BCUT2D eigenvalue weighted by molar-refractivity contribution is -0.325. The van der Waals surface area contributed by atoms with Gasteiger partial charge in [0.05, 0.1) is 65.9 Å². The van der Waals surface area contributed by atoms with Crippen LogP contribution in [0.25, 0.3) is 10.8 Å². The summed E-state index contributed by atoms with van der Waals surface area (Å²) in [6.45, 7) is 11.9. The fourth-order valence-electron chi connectivity index (χ4n) is 11.2. The number of benzene rings is 2. The lowest BCUT2D eigenvalue weighted by Gasteiger charge is -2.45. The van der Waals surface area contributed by atoms with Gasteiger partial charge in [0.25, 0.3) is 0 Å². The van der Waals surface area contributed by atoms with E-state index in [1.807, 2.05) is 0 Å². The van der Waals surface area contributed by atoms with Gasteiger partial charge in [0, 0.05) is 50.7 Å². The first-order valence-corrected chi connectivity index (χ1v) is 25.9. The number of phenols is 2. The zero-order chi connectivity index (χ0) is 55.6. The van der Waals surface area contributed by atoms with E-state index in [4.69, 9.17) is 52.1 Å². The van der Waals surface area contributed by atoms with Crippen LogP contribution >= 0.6 is 0 Å². The van der Waals surface area contributed by atoms with E-state index < -0.39 is 176 Å². The zero-order valence-electron chi connectivity index (χ0n) is 43.9. The fourth-order valence-corrected chi connectivity index (χ4v) is 11.2. The first-order chi connectivity index (χ1) is 35.7. The van der Waals surface area contributed by atoms with Crippen molar-refractivity contribution in [1.29, 1.82) is 0 Å². The Kier molecular flexibility index (Phi) is 17.9. The number of carbonyl (C=O) groups excluding carboxylic acids is 3. The van der Waals surface area contributed by atoms with Gasteiger partial charge < -0.3 is 103 Å². The first-order valence-electron chi connectivity index (χ1n) is 25.9. The number of Topliss-reactive ketones (excluding diaryl/α,β-unsaturated/α-hetero) is 3. The summed E-state index contributed by atoms with van der Waals surface area (Å²) < 4.78 is 66.3. The van der Waals surface area contributed by atoms with E-state index in [1.54, 1.807) is 20.8 Å². The van der Waals surface area contributed by atoms with Gasteiger partial charge in [-0.1, -0.05) is 0 Å². The maximum atomic E-state index is 15.0. The van der Waals surface area contributed by atoms with Crippen LogP contribution in [0.1, 0.15) is 102 Å². The van der Waals surface area contributed by atoms with Gasteiger partial charge in [-0.2, -0.15) is 0 Å². The molecule has 24 atom stereocenters. The molecule has 24 nitrogen and oxygen atoms in total. The quantitative estimate of drug-likeness (QED) is 0.112. The molecule has 24 heteroatoms. The number of aliphatic hydroxyl groups excluding tert-OH is 7. The third kappa shape index (κ3) is 11.8. The van der Waals surface area contributed by atoms with Gasteiger partial charge >= 0.3 is 0 Å². The summed E-state index contributed by atoms with van der Waals surface area (Å²) in [6.07, 6.45) is -26.4. The normalized spacial score (nSPS) is 41.5. The van der Waals surface area contributed by atoms with Gasteiger partial charge in [0.2, 0.25) is 6.29 Å². The molecule has 76 heavy (non-hydrogen) atoms. The summed E-state index contributed by atoms with van der Waals surface area (Å²) in [5.74, 6) is -4.61. The summed E-state index contributed by atoms with van der Waals surface area (Å²) in [6, 6.07) is 3.02. The van der Waals surface area contributed by atoms with Crippen molar-refractivity contribution >= 4 is 28.1 Å². The first kappa shape index (κ1) is 58.5. The third-order valence-electron chi connectivity index (χ3n) is 15.7. The molecule has 10 N–H and O–H groups in total. The summed E-state index contributed by atoms with van der Waals surface area (Å²) in [7, 11) is 1.18. The summed E-state index contributed by atoms with van der Waals surface area (Å²) in [5.41, 5.74) is -1.68. The fraction of sp³-hybridized carbons (Fsp3) is 0.750. The minimum Gasteiger partial charge on any atom is -0.507 e. The molecule has 0 aromatic heterocycles. The molecule has 2 aromatic rings. The predicted octanol–water partition coefficient (Wildman–Crippen LogP) is -0.0411. The van der Waals surface area contributed by atoms with Crippen LogP contribution in [0.15, 0.2) is 12.1 Å². The van der Waals surface area contributed by atoms with Crippen molar-refractivity contribution in [3.8, 4) is 17.2 Å². The number of aliphatic hydroxyl groups is 8. The van der Waals surface area contributed by atoms with E-state index in [0.717, 1.165) is 0 Å². The van der Waals surface area contributed by atoms with Gasteiger partial charge in [-0.25, -0.2) is 0 Å². The molecule has 0 spiro atoms. The highest BCUT2D eigenvalue weighted by Gasteiger charge is 2.51. The van der Waals surface area contributed by atoms with E-state index in [0.29, 0.717) is 0 Å². The second-order valence-electron chi connectivity index (χ2n) is 21.5. The second-order valence-corrected chi connectivity index (χ2v) is 21.5. The minimum absolute atomic E-state index is 0.0386. The molecule has 5 heterocycles. The van der Waals surface area contributed by atoms with E-state index in [2.05, 4.69) is 0 Å². The molecule has 5 fully saturated rings. The number of methoxy groups -OCH3 is 1. The Bertz CT molecular complexity index is 2400. The Morgan fingerprint density at radius 1 is 0.697 bits per heavy atom. The Hall–Kier alpha value is -3.61. The van der Waals surface area contributed by atoms with Gasteiger partial charge in [0.1, 0.15) is 71.7 Å². The Morgan fingerprint density at radius 2 is 1.20 bits per heavy atom. The van der Waals surface area contributed by atoms with Crippen molar-refractivity contribution in [2.75, 3.05) is 7.11 Å². The summed E-state index contributed by atoms with van der Waals surface area (Å²) in [5, 5.41) is 110. The van der Waals surface area contributed by atoms with Crippen molar-refractivity contribution in [1.82, 2.24) is 0 Å². The van der Waals surface area contributed by atoms with Crippen LogP contribution in [-0.4, -0.2) is 216 Å². The van der Waals surface area contributed by atoms with Gasteiger partial charge in [0.15, 0.2) is 42.5 Å². The van der Waals surface area contributed by atoms with Crippen LogP contribution in [0.2, 0.25) is 0 Å². The van der Waals surface area contributed by atoms with Crippen molar-refractivity contribution in [3.05, 3.63) is 28.8 Å². The Balaban J connectivity index is 1.04. The average Bonchev–Trinajstić information content (AvgIpc) is 3.38. The van der Waals surface area contributed by atoms with Crippen LogP contribution in [0.4, 0.5) is 0 Å². The maximum Gasteiger partial charge on any atom is 0.202 e. The van der Waals surface area contributed by atoms with E-state index in [1.165, 1.54) is 53.9 Å². The molecular weight excluding hydrogens is 1010 g/mol. The highest BCUT2D eigenvalue weighted by molar-refractivity contribution is 6.11. The molecule has 24 unspecified atom stereocenters. The molecule has 6 aliphatic rings. The van der Waals surface area contributed by atoms with Crippen LogP contribution in [0.5, 0.6) is 17.2 Å². The number of ketones is 3. The van der Waals surface area contributed by atoms with E-state index in [-0.39, 0.29) is 71.7 Å². The van der Waals surface area contributed by atoms with Gasteiger partial charge in [-0.3, -0.25) is 14.4 Å². The Labute approximate surface area is 438 Å². The molecule has 5 saturated heterocycles. The number of hydrogen-bond donors (Lipinski definition) is 10. The van der Waals surface area contributed by atoms with Crippen molar-refractivity contribution in [2.24, 2.45) is 5.92 Å². The number of hydrogen-bond acceptors (Lipinski definition) is 24. The molecule has 8 rings (SSSR count). The lowest BCUT2D eigenvalue weighted by atomic mass is 9.75. The minimum atomic E-state index is -1.95. The number of phenolic OH excluding ortho intramolecular Hbond substituents is 2. The largest absolute Gasteiger partial charge is 0.507 e. The maximum absolute atomic E-state index is 15.0. The number of aromatic hydroxyl groups is 2. The van der Waals surface area contributed by atoms with Crippen LogP contribution < -0.4 is 4.74 Å². The number of fused-ring (bicyclic) bond motifs is 2. The van der Waals surface area contributed by atoms with Gasteiger partial charge in [-0.15, -0.1) is 0 Å². The predicted molar refractivity (Wildman–Crippen MR) is 258 cm³/mol. The molecule has 0 radical (unpaired) electrons. The van der Waals surface area contributed by atoms with Crippen molar-refractivity contribution < 1.29 is 118 Å². The Morgan fingerprint density at radius 3 is 1.72 bits per heavy atom. The summed E-state index contributed by atoms with van der Waals surface area (Å²) in [4.78, 5) is 41.4. The molecule has 2 aromatic carbocycles. The highest BCUT2D eigenvalue weighted by Crippen LogP contribution is 2.47. The highest BCUT2D eigenvalue weighted by atomic mass is 16.7. The lowest BCUT2D eigenvalue weighted by Crippen LogP contribution is -2.57. The number of rotatable bonds is 15. The third-order valence-corrected chi connectivity index (χ3v) is 15.7. The van der Waals surface area contributed by atoms with Crippen LogP contribution in [0, 0.1) is 12.8 Å². The molecule has 426 valence electrons. The summed E-state index contributed by atoms with van der Waals surface area (Å²) >= 11 is 0. The molecule has 0 amide bonds. The molecule has 0 saturated carbocycles. The molecular formula is C52H74O24. The van der Waals surface area contributed by atoms with Crippen molar-refractivity contribution in [3.63, 3.8) is 0 Å². The van der Waals surface area contributed by atoms with Crippen LogP contribution in [-0.2, 0) is 63.4 Å². The van der Waals surface area contributed by atoms with Crippen LogP contribution in [0.3, 0.4) is 0 Å². The van der Waals surface area contributed by atoms with Gasteiger partial charge in [-0.05, 0) is 84.9 Å². The monoisotopic (exact) mass is 1080 g/mol. The number of carbonyl (C=O) groups is 3. The zero-order valence-corrected chi connectivity index (χ0v) is 43.9. The molecule has 5 aliphatic heterocycles. The SMILES string of the molecule is COC(C(=O)C(O)C(C)O)C1Cc2cc3cc(OC4CC(OC5CC(O)C(O)C(C)O5)C(O)C(C)O4)c(C)c(O)c3c(O)c2C(=O)C1OC1CC(OC2CC(OC3CC(C)(O)C(=O)C(C)O3)C(O)C(C)O2)C(O)C(C)O1. The smallest absolute Gasteiger partial charge is 0.202 e.